The number of carbonyl (C=O) groups excluding carboxylic acids is 1. The van der Waals surface area contributed by atoms with E-state index in [0.29, 0.717) is 44.6 Å². The highest BCUT2D eigenvalue weighted by molar-refractivity contribution is 6.04. The smallest absolute Gasteiger partial charge is 0.274 e. The molecule has 0 aliphatic rings. The van der Waals surface area contributed by atoms with Gasteiger partial charge >= 0.3 is 0 Å². The summed E-state index contributed by atoms with van der Waals surface area (Å²) in [6, 6.07) is 17.8. The summed E-state index contributed by atoms with van der Waals surface area (Å²) in [5.74, 6) is -0.317. The lowest BCUT2D eigenvalue weighted by Crippen LogP contribution is -2.14. The molecule has 0 fully saturated rings. The van der Waals surface area contributed by atoms with E-state index < -0.39 is 0 Å². The van der Waals surface area contributed by atoms with Crippen LogP contribution in [0.4, 0.5) is 5.69 Å². The van der Waals surface area contributed by atoms with Gasteiger partial charge in [-0.05, 0) is 35.9 Å². The molecule has 8 heteroatoms. The lowest BCUT2D eigenvalue weighted by molar-refractivity contribution is 0.102. The van der Waals surface area contributed by atoms with E-state index in [-0.39, 0.29) is 18.1 Å². The summed E-state index contributed by atoms with van der Waals surface area (Å²) < 4.78 is 1.70. The van der Waals surface area contributed by atoms with Crippen molar-refractivity contribution in [2.45, 2.75) is 6.61 Å². The Kier molecular flexibility index (Phi) is 4.53. The fraction of sp³-hybridized carbons (Fsp3) is 0.0435. The molecule has 0 saturated heterocycles. The van der Waals surface area contributed by atoms with E-state index in [1.54, 1.807) is 40.9 Å². The molecule has 0 radical (unpaired) electrons. The number of nitrogens with one attached hydrogen (secondary N) is 2. The number of nitrogens with zero attached hydrogens (tertiary/aromatic N) is 3. The predicted molar refractivity (Wildman–Crippen MR) is 117 cm³/mol. The van der Waals surface area contributed by atoms with Crippen molar-refractivity contribution < 1.29 is 9.90 Å². The highest BCUT2D eigenvalue weighted by Gasteiger charge is 2.15. The Morgan fingerprint density at radius 2 is 1.87 bits per heavy atom. The number of amides is 1. The van der Waals surface area contributed by atoms with Gasteiger partial charge in [0, 0.05) is 22.8 Å². The molecule has 3 aromatic heterocycles. The van der Waals surface area contributed by atoms with Crippen LogP contribution in [0.1, 0.15) is 16.1 Å². The molecular weight excluding hydrogens is 394 g/mol. The summed E-state index contributed by atoms with van der Waals surface area (Å²) >= 11 is 0. The quantitative estimate of drug-likeness (QED) is 0.421. The van der Waals surface area contributed by atoms with Gasteiger partial charge in [0.15, 0.2) is 0 Å². The van der Waals surface area contributed by atoms with Crippen LogP contribution < -0.4 is 10.9 Å². The van der Waals surface area contributed by atoms with Gasteiger partial charge in [-0.3, -0.25) is 14.0 Å². The van der Waals surface area contributed by atoms with Gasteiger partial charge in [0.2, 0.25) is 0 Å². The van der Waals surface area contributed by atoms with E-state index in [1.165, 1.54) is 6.20 Å². The fourth-order valence-corrected chi connectivity index (χ4v) is 3.65. The van der Waals surface area contributed by atoms with E-state index in [9.17, 15) is 14.7 Å². The van der Waals surface area contributed by atoms with Gasteiger partial charge in [0.1, 0.15) is 11.3 Å². The first-order valence-electron chi connectivity index (χ1n) is 9.61. The number of H-pyrrole nitrogens is 1. The highest BCUT2D eigenvalue weighted by atomic mass is 16.3. The number of carbonyl (C=O) groups is 1. The zero-order chi connectivity index (χ0) is 21.4. The lowest BCUT2D eigenvalue weighted by Gasteiger charge is -2.12. The van der Waals surface area contributed by atoms with Crippen LogP contribution in [0.15, 0.2) is 77.9 Å². The fourth-order valence-electron chi connectivity index (χ4n) is 3.65. The molecule has 31 heavy (non-hydrogen) atoms. The molecule has 5 rings (SSSR count). The Labute approximate surface area is 175 Å². The molecule has 3 heterocycles. The minimum Gasteiger partial charge on any atom is -0.392 e. The number of hydrogen-bond acceptors (Lipinski definition) is 5. The number of aromatic amines is 1. The normalized spacial score (nSPS) is 11.1. The summed E-state index contributed by atoms with van der Waals surface area (Å²) in [5.41, 5.74) is 3.12. The third kappa shape index (κ3) is 3.24. The van der Waals surface area contributed by atoms with Gasteiger partial charge in [-0.2, -0.15) is 5.10 Å². The summed E-state index contributed by atoms with van der Waals surface area (Å²) in [6.07, 6.45) is 3.29. The van der Waals surface area contributed by atoms with Crippen LogP contribution in [0, 0.1) is 0 Å². The molecule has 0 aliphatic carbocycles. The van der Waals surface area contributed by atoms with Crippen molar-refractivity contribution in [1.29, 1.82) is 0 Å². The van der Waals surface area contributed by atoms with Crippen molar-refractivity contribution in [3.8, 4) is 11.3 Å². The Morgan fingerprint density at radius 1 is 1.06 bits per heavy atom. The van der Waals surface area contributed by atoms with Crippen LogP contribution in [0.5, 0.6) is 0 Å². The molecule has 8 nitrogen and oxygen atoms in total. The summed E-state index contributed by atoms with van der Waals surface area (Å²) in [4.78, 5) is 29.1. The summed E-state index contributed by atoms with van der Waals surface area (Å²) in [7, 11) is 0. The molecule has 0 unspecified atom stereocenters. The molecule has 0 atom stereocenters. The number of imidazole rings is 1. The van der Waals surface area contributed by atoms with E-state index in [1.807, 2.05) is 30.3 Å². The van der Waals surface area contributed by atoms with Crippen molar-refractivity contribution in [3.63, 3.8) is 0 Å². The maximum absolute atomic E-state index is 12.8. The number of hydrogen-bond donors (Lipinski definition) is 3. The van der Waals surface area contributed by atoms with Gasteiger partial charge < -0.3 is 10.4 Å². The summed E-state index contributed by atoms with van der Waals surface area (Å²) in [6.45, 7) is -0.260. The Morgan fingerprint density at radius 3 is 2.71 bits per heavy atom. The zero-order valence-corrected chi connectivity index (χ0v) is 16.2. The van der Waals surface area contributed by atoms with Crippen molar-refractivity contribution in [2.75, 3.05) is 5.32 Å². The maximum atomic E-state index is 12.8. The average Bonchev–Trinajstić information content (AvgIpc) is 3.24. The van der Waals surface area contributed by atoms with Crippen LogP contribution in [-0.2, 0) is 6.61 Å². The minimum absolute atomic E-state index is 0.260. The van der Waals surface area contributed by atoms with E-state index >= 15 is 0 Å². The van der Waals surface area contributed by atoms with E-state index in [0.717, 1.165) is 0 Å². The van der Waals surface area contributed by atoms with Crippen LogP contribution >= 0.6 is 0 Å². The molecule has 0 saturated carbocycles. The SMILES string of the molecule is O=C(Nc1ccc(-c2n[nH]c(=O)c3ccccc23)c(CO)c1)c1cnc2ccccn12. The summed E-state index contributed by atoms with van der Waals surface area (Å²) in [5, 5.41) is 20.7. The third-order valence-electron chi connectivity index (χ3n) is 5.13. The van der Waals surface area contributed by atoms with Gasteiger partial charge in [-0.25, -0.2) is 10.1 Å². The number of fused-ring (bicyclic) bond motifs is 2. The number of aliphatic hydroxyl groups is 1. The van der Waals surface area contributed by atoms with Crippen LogP contribution in [0.2, 0.25) is 0 Å². The Bertz CT molecular complexity index is 1500. The molecule has 2 aromatic carbocycles. The number of rotatable bonds is 4. The minimum atomic E-state index is -0.317. The molecule has 5 aromatic rings. The first-order valence-corrected chi connectivity index (χ1v) is 9.61. The average molecular weight is 411 g/mol. The van der Waals surface area contributed by atoms with Gasteiger partial charge in [-0.15, -0.1) is 0 Å². The van der Waals surface area contributed by atoms with Crippen molar-refractivity contribution in [2.24, 2.45) is 0 Å². The van der Waals surface area contributed by atoms with Gasteiger partial charge in [0.05, 0.1) is 23.9 Å². The number of aliphatic hydroxyl groups excluding tert-OH is 1. The topological polar surface area (TPSA) is 112 Å². The van der Waals surface area contributed by atoms with Crippen molar-refractivity contribution in [3.05, 3.63) is 94.7 Å². The molecule has 0 aliphatic heterocycles. The Balaban J connectivity index is 1.52. The maximum Gasteiger partial charge on any atom is 0.274 e. The first-order chi connectivity index (χ1) is 15.2. The second-order valence-electron chi connectivity index (χ2n) is 7.00. The molecule has 0 spiro atoms. The zero-order valence-electron chi connectivity index (χ0n) is 16.2. The number of benzene rings is 2. The molecule has 1 amide bonds. The van der Waals surface area contributed by atoms with Crippen LogP contribution in [0.25, 0.3) is 27.7 Å². The second kappa shape index (κ2) is 7.51. The predicted octanol–water partition coefficient (Wildman–Crippen LogP) is 2.98. The molecule has 0 bridgehead atoms. The van der Waals surface area contributed by atoms with E-state index in [2.05, 4.69) is 20.5 Å². The van der Waals surface area contributed by atoms with Crippen LogP contribution in [-0.4, -0.2) is 30.6 Å². The van der Waals surface area contributed by atoms with Gasteiger partial charge in [-0.1, -0.05) is 30.3 Å². The van der Waals surface area contributed by atoms with Crippen molar-refractivity contribution in [1.82, 2.24) is 19.6 Å². The monoisotopic (exact) mass is 411 g/mol. The molecular formula is C23H17N5O3. The Hall–Kier alpha value is -4.30. The van der Waals surface area contributed by atoms with Crippen molar-refractivity contribution >= 4 is 28.0 Å². The van der Waals surface area contributed by atoms with Crippen LogP contribution in [0.3, 0.4) is 0 Å². The van der Waals surface area contributed by atoms with Gasteiger partial charge in [0.25, 0.3) is 11.5 Å². The second-order valence-corrected chi connectivity index (χ2v) is 7.00. The lowest BCUT2D eigenvalue weighted by atomic mass is 10.00. The standard InChI is InChI=1S/C23H17N5O3/c29-13-14-11-15(25-23(31)19-12-24-20-7-3-4-10-28(19)20)8-9-16(14)21-17-5-1-2-6-18(17)22(30)27-26-21/h1-12,29H,13H2,(H,25,31)(H,27,30). The highest BCUT2D eigenvalue weighted by Crippen LogP contribution is 2.29. The van der Waals surface area contributed by atoms with E-state index in [4.69, 9.17) is 0 Å². The number of pyridine rings is 1. The molecule has 152 valence electrons. The number of anilines is 1. The number of aromatic nitrogens is 4. The largest absolute Gasteiger partial charge is 0.392 e. The molecule has 3 N–H and O–H groups in total. The first kappa shape index (κ1) is 18.7. The third-order valence-corrected chi connectivity index (χ3v) is 5.13.